The third kappa shape index (κ3) is 6.47. The van der Waals surface area contributed by atoms with Crippen LogP contribution in [-0.4, -0.2) is 21.6 Å². The Bertz CT molecular complexity index is 903. The molecule has 0 aromatic heterocycles. The van der Waals surface area contributed by atoms with E-state index in [1.807, 2.05) is 5.32 Å². The second kappa shape index (κ2) is 6.72. The number of halogens is 8. The highest BCUT2D eigenvalue weighted by atomic mass is 35.6. The van der Waals surface area contributed by atoms with Crippen LogP contribution in [0.4, 0.5) is 29.9 Å². The summed E-state index contributed by atoms with van der Waals surface area (Å²) in [6.07, 6.45) is -1.33. The fourth-order valence-corrected chi connectivity index (χ4v) is 2.88. The van der Waals surface area contributed by atoms with Gasteiger partial charge in [0.1, 0.15) is 17.3 Å². The molecular formula is C15H11Cl3F5NO3S. The predicted molar refractivity (Wildman–Crippen MR) is 100 cm³/mol. The van der Waals surface area contributed by atoms with Crippen LogP contribution in [0.15, 0.2) is 47.4 Å². The number of rotatable bonds is 4. The molecule has 0 radical (unpaired) electrons. The molecule has 156 valence electrons. The van der Waals surface area contributed by atoms with Crippen LogP contribution in [0.1, 0.15) is 0 Å². The molecule has 0 fully saturated rings. The van der Waals surface area contributed by atoms with Gasteiger partial charge in [-0.15, -0.1) is 0 Å². The van der Waals surface area contributed by atoms with Crippen molar-refractivity contribution in [1.82, 2.24) is 0 Å². The summed E-state index contributed by atoms with van der Waals surface area (Å²) in [4.78, 5) is 9.60. The first kappa shape index (κ1) is 22.7. The van der Waals surface area contributed by atoms with Crippen LogP contribution in [0.25, 0.3) is 11.1 Å². The molecule has 0 spiro atoms. The fourth-order valence-electron chi connectivity index (χ4n) is 2.05. The molecule has 0 atom stereocenters. The number of alkyl halides is 3. The lowest BCUT2D eigenvalue weighted by atomic mass is 10.0. The number of nitrogens with one attached hydrogen (secondary N) is 1. The van der Waals surface area contributed by atoms with Gasteiger partial charge in [0.05, 0.1) is 5.69 Å². The van der Waals surface area contributed by atoms with Gasteiger partial charge >= 0.3 is 16.3 Å². The number of ether oxygens (including phenoxy) is 1. The van der Waals surface area contributed by atoms with E-state index >= 15 is 0 Å². The maximum absolute atomic E-state index is 13.1. The number of aromatic hydroxyl groups is 1. The smallest absolute Gasteiger partial charge is 0.411 e. The van der Waals surface area contributed by atoms with Crippen LogP contribution in [0.2, 0.25) is 0 Å². The highest BCUT2D eigenvalue weighted by Gasteiger charge is 2.65. The Morgan fingerprint density at radius 3 is 2.11 bits per heavy atom. The molecule has 13 heteroatoms. The quantitative estimate of drug-likeness (QED) is 0.345. The molecule has 2 N–H and O–H groups in total. The summed E-state index contributed by atoms with van der Waals surface area (Å²) < 4.78 is 68.2. The van der Waals surface area contributed by atoms with Crippen molar-refractivity contribution in [1.29, 1.82) is 0 Å². The fraction of sp³-hybridized carbons (Fsp3) is 0.133. The maximum atomic E-state index is 13.1. The van der Waals surface area contributed by atoms with Gasteiger partial charge in [0.25, 0.3) is 0 Å². The van der Waals surface area contributed by atoms with Crippen LogP contribution in [-0.2, 0) is 4.74 Å². The third-order valence-electron chi connectivity index (χ3n) is 3.22. The number of amides is 1. The number of benzene rings is 2. The van der Waals surface area contributed by atoms with Crippen LogP contribution in [0, 0.1) is 0 Å². The Kier molecular flexibility index (Phi) is 5.44. The number of anilines is 1. The monoisotopic (exact) mass is 485 g/mol. The van der Waals surface area contributed by atoms with Gasteiger partial charge in [-0.05, 0) is 29.8 Å². The predicted octanol–water partition coefficient (Wildman–Crippen LogP) is 7.64. The molecule has 0 saturated carbocycles. The molecule has 2 aromatic carbocycles. The first-order valence-corrected chi connectivity index (χ1v) is 10.2. The minimum absolute atomic E-state index is 0.0450. The Balaban J connectivity index is 2.48. The zero-order valence-electron chi connectivity index (χ0n) is 13.4. The second-order valence-electron chi connectivity index (χ2n) is 5.54. The molecule has 0 aliphatic heterocycles. The summed E-state index contributed by atoms with van der Waals surface area (Å²) >= 11 is 16.2. The Labute approximate surface area is 170 Å². The standard InChI is InChI=1S/C15H11Cl3F5NO3S/c16-15(17,18)8-27-14(26)24-13-7-11(28(19,20,21,22)23)5-6-12(13)9-1-3-10(25)4-2-9/h1-7,25H,8H2,(H,24,26). The van der Waals surface area contributed by atoms with E-state index in [0.717, 1.165) is 6.07 Å². The topological polar surface area (TPSA) is 58.6 Å². The van der Waals surface area contributed by atoms with Crippen molar-refractivity contribution in [2.24, 2.45) is 0 Å². The van der Waals surface area contributed by atoms with Crippen molar-refractivity contribution in [2.75, 3.05) is 11.9 Å². The van der Waals surface area contributed by atoms with Gasteiger partial charge < -0.3 is 9.84 Å². The second-order valence-corrected chi connectivity index (χ2v) is 10.5. The van der Waals surface area contributed by atoms with E-state index in [4.69, 9.17) is 34.8 Å². The average molecular weight is 487 g/mol. The summed E-state index contributed by atoms with van der Waals surface area (Å²) in [5.74, 6) is -0.135. The van der Waals surface area contributed by atoms with Gasteiger partial charge in [-0.2, -0.15) is 0 Å². The van der Waals surface area contributed by atoms with Gasteiger partial charge in [-0.25, -0.2) is 4.79 Å². The molecule has 2 aromatic rings. The first-order chi connectivity index (χ1) is 12.4. The molecule has 4 nitrogen and oxygen atoms in total. The largest absolute Gasteiger partial charge is 0.508 e. The molecule has 0 heterocycles. The van der Waals surface area contributed by atoms with Crippen molar-refractivity contribution in [3.05, 3.63) is 42.5 Å². The molecule has 0 saturated heterocycles. The average Bonchev–Trinajstić information content (AvgIpc) is 2.51. The van der Waals surface area contributed by atoms with E-state index in [-0.39, 0.29) is 29.0 Å². The lowest BCUT2D eigenvalue weighted by Gasteiger charge is -2.40. The number of hydrogen-bond donors (Lipinski definition) is 2. The van der Waals surface area contributed by atoms with Gasteiger partial charge in [0.15, 0.2) is 0 Å². The Morgan fingerprint density at radius 2 is 1.61 bits per heavy atom. The molecule has 28 heavy (non-hydrogen) atoms. The highest BCUT2D eigenvalue weighted by Crippen LogP contribution is 3.02. The number of phenolic OH excluding ortho intramolecular Hbond substituents is 1. The minimum atomic E-state index is -10.0. The van der Waals surface area contributed by atoms with E-state index < -0.39 is 37.3 Å². The molecule has 2 rings (SSSR count). The molecular weight excluding hydrogens is 476 g/mol. The summed E-state index contributed by atoms with van der Waals surface area (Å²) in [5.41, 5.74) is -0.439. The van der Waals surface area contributed by atoms with Crippen molar-refractivity contribution in [3.63, 3.8) is 0 Å². The Morgan fingerprint density at radius 1 is 1.04 bits per heavy atom. The van der Waals surface area contributed by atoms with Crippen LogP contribution in [0.3, 0.4) is 0 Å². The number of carbonyl (C=O) groups is 1. The third-order valence-corrected chi connectivity index (χ3v) is 4.69. The molecule has 1 amide bonds. The zero-order chi connectivity index (χ0) is 21.4. The van der Waals surface area contributed by atoms with Crippen molar-refractivity contribution in [3.8, 4) is 16.9 Å². The SMILES string of the molecule is O=C(Nc1cc(S(F)(F)(F)(F)F)ccc1-c1ccc(O)cc1)OCC(Cl)(Cl)Cl. The molecule has 0 aliphatic rings. The van der Waals surface area contributed by atoms with E-state index in [2.05, 4.69) is 4.74 Å². The van der Waals surface area contributed by atoms with Crippen LogP contribution >= 0.6 is 45.0 Å². The molecule has 0 bridgehead atoms. The molecule has 0 unspecified atom stereocenters. The number of carbonyl (C=O) groups excluding carboxylic acids is 1. The minimum Gasteiger partial charge on any atom is -0.508 e. The highest BCUT2D eigenvalue weighted by molar-refractivity contribution is 8.45. The Hall–Kier alpha value is -1.62. The normalized spacial score (nSPS) is 14.7. The number of phenols is 1. The first-order valence-electron chi connectivity index (χ1n) is 7.13. The van der Waals surface area contributed by atoms with Gasteiger partial charge in [0.2, 0.25) is 3.79 Å². The van der Waals surface area contributed by atoms with E-state index in [9.17, 15) is 29.3 Å². The molecule has 0 aliphatic carbocycles. The van der Waals surface area contributed by atoms with Crippen molar-refractivity contribution in [2.45, 2.75) is 8.69 Å². The van der Waals surface area contributed by atoms with Gasteiger partial charge in [0, 0.05) is 5.56 Å². The summed E-state index contributed by atoms with van der Waals surface area (Å²) in [6, 6.07) is 6.09. The zero-order valence-corrected chi connectivity index (χ0v) is 16.5. The van der Waals surface area contributed by atoms with E-state index in [0.29, 0.717) is 0 Å². The van der Waals surface area contributed by atoms with E-state index in [1.54, 1.807) is 0 Å². The lowest BCUT2D eigenvalue weighted by Crippen LogP contribution is -2.21. The summed E-state index contributed by atoms with van der Waals surface area (Å²) in [7, 11) is -10.0. The maximum Gasteiger partial charge on any atom is 0.411 e. The van der Waals surface area contributed by atoms with Crippen LogP contribution in [0.5, 0.6) is 5.75 Å². The van der Waals surface area contributed by atoms with Gasteiger partial charge in [-0.3, -0.25) is 5.32 Å². The van der Waals surface area contributed by atoms with Gasteiger partial charge in [-0.1, -0.05) is 72.4 Å². The van der Waals surface area contributed by atoms with E-state index in [1.165, 1.54) is 24.3 Å². The van der Waals surface area contributed by atoms with Crippen LogP contribution < -0.4 is 5.32 Å². The summed E-state index contributed by atoms with van der Waals surface area (Å²) in [6.45, 7) is -0.737. The lowest BCUT2D eigenvalue weighted by molar-refractivity contribution is 0.164. The van der Waals surface area contributed by atoms with Crippen molar-refractivity contribution < 1.29 is 34.1 Å². The number of hydrogen-bond acceptors (Lipinski definition) is 3. The van der Waals surface area contributed by atoms with Crippen molar-refractivity contribution >= 4 is 56.8 Å². The summed E-state index contributed by atoms with van der Waals surface area (Å²) in [5, 5.41) is 11.2.